The van der Waals surface area contributed by atoms with Crippen molar-refractivity contribution < 1.29 is 54.2 Å². The number of methoxy groups -OCH3 is 1. The van der Waals surface area contributed by atoms with Crippen LogP contribution in [-0.2, 0) is 25.5 Å². The van der Waals surface area contributed by atoms with Gasteiger partial charge in [-0.25, -0.2) is 4.79 Å². The van der Waals surface area contributed by atoms with Crippen LogP contribution in [0, 0.1) is 12.3 Å². The highest BCUT2D eigenvalue weighted by Crippen LogP contribution is 2.59. The topological polar surface area (TPSA) is 188 Å². The molecule has 0 amide bonds. The van der Waals surface area contributed by atoms with E-state index in [1.165, 1.54) is 30.4 Å². The van der Waals surface area contributed by atoms with Gasteiger partial charge in [0.25, 0.3) is 5.60 Å². The summed E-state index contributed by atoms with van der Waals surface area (Å²) in [6.07, 6.45) is 0.757. The monoisotopic (exact) mass is 572 g/mol. The van der Waals surface area contributed by atoms with E-state index in [-0.39, 0.29) is 64.2 Å². The number of aryl methyl sites for hydroxylation is 1. The van der Waals surface area contributed by atoms with Crippen molar-refractivity contribution in [2.75, 3.05) is 7.11 Å². The van der Waals surface area contributed by atoms with Crippen LogP contribution in [0.2, 0.25) is 0 Å². The van der Waals surface area contributed by atoms with E-state index in [1.807, 2.05) is 0 Å². The first kappa shape index (κ1) is 26.0. The predicted molar refractivity (Wildman–Crippen MR) is 143 cm³/mol. The second-order valence-corrected chi connectivity index (χ2v) is 11.3. The second kappa shape index (κ2) is 8.10. The van der Waals surface area contributed by atoms with Crippen molar-refractivity contribution in [1.82, 2.24) is 0 Å². The van der Waals surface area contributed by atoms with Gasteiger partial charge in [0, 0.05) is 17.5 Å². The van der Waals surface area contributed by atoms with Crippen LogP contribution in [0.15, 0.2) is 41.5 Å². The Balaban J connectivity index is 1.50. The molecule has 11 heteroatoms. The van der Waals surface area contributed by atoms with Crippen molar-refractivity contribution in [1.29, 1.82) is 0 Å². The number of benzene rings is 2. The molecule has 1 heterocycles. The number of Topliss-reactive ketones (excluding diaryl/α,β-unsaturated/α-hetero) is 3. The zero-order chi connectivity index (χ0) is 30.0. The molecule has 1 spiro atoms. The Bertz CT molecular complexity index is 1830. The summed E-state index contributed by atoms with van der Waals surface area (Å²) in [5.74, 6) is -6.91. The molecule has 11 nitrogen and oxygen atoms in total. The van der Waals surface area contributed by atoms with E-state index in [9.17, 15) is 44.7 Å². The molecule has 4 atom stereocenters. The highest BCUT2D eigenvalue weighted by atomic mass is 16.6. The number of hydrogen-bond donors (Lipinski definition) is 5. The van der Waals surface area contributed by atoms with Gasteiger partial charge in [-0.2, -0.15) is 0 Å². The molecule has 214 valence electrons. The van der Waals surface area contributed by atoms with Gasteiger partial charge >= 0.3 is 5.97 Å². The minimum Gasteiger partial charge on any atom is -0.507 e. The van der Waals surface area contributed by atoms with Gasteiger partial charge in [-0.15, -0.1) is 0 Å². The summed E-state index contributed by atoms with van der Waals surface area (Å²) in [7, 11) is 1.03. The normalized spacial score (nSPS) is 28.8. The van der Waals surface area contributed by atoms with E-state index >= 15 is 0 Å². The molecule has 0 aromatic heterocycles. The van der Waals surface area contributed by atoms with Gasteiger partial charge in [-0.05, 0) is 49.1 Å². The van der Waals surface area contributed by atoms with Gasteiger partial charge in [-0.3, -0.25) is 14.4 Å². The lowest BCUT2D eigenvalue weighted by Gasteiger charge is -2.43. The lowest BCUT2D eigenvalue weighted by Crippen LogP contribution is -2.61. The zero-order valence-electron chi connectivity index (χ0n) is 22.3. The summed E-state index contributed by atoms with van der Waals surface area (Å²) in [5, 5.41) is 55.8. The fourth-order valence-electron chi connectivity index (χ4n) is 7.28. The highest BCUT2D eigenvalue weighted by molar-refractivity contribution is 6.23. The minimum absolute atomic E-state index is 0.0176. The molecule has 0 saturated heterocycles. The number of allylic oxidation sites excluding steroid dienone is 3. The van der Waals surface area contributed by atoms with Crippen molar-refractivity contribution in [3.63, 3.8) is 0 Å². The standard InChI is InChI=1S/C31H24O11/c1-11-7-14-20(16(33)8-11)26(37)23-24(35)13-5-6-30(23,28(14)39)10-12-9-17-21(25(36)19(12)13)27(38)22-15(32)3-4-18(34)31(22,42-17)29(40)41-2/h5-9,13,18,33-34,36-38H,3-4,10H2,1-2H3/t13-,18+,30+,31+/m1/s1. The molecule has 2 aromatic carbocycles. The quantitative estimate of drug-likeness (QED) is 0.250. The van der Waals surface area contributed by atoms with E-state index in [4.69, 9.17) is 9.47 Å². The van der Waals surface area contributed by atoms with Gasteiger partial charge in [-0.1, -0.05) is 12.2 Å². The van der Waals surface area contributed by atoms with Crippen molar-refractivity contribution in [3.8, 4) is 17.2 Å². The molecule has 1 aliphatic heterocycles. The van der Waals surface area contributed by atoms with Crippen LogP contribution in [0.5, 0.6) is 17.2 Å². The summed E-state index contributed by atoms with van der Waals surface area (Å²) in [5.41, 5.74) is -4.61. The number of aromatic hydroxyl groups is 2. The maximum atomic E-state index is 14.1. The first-order valence-electron chi connectivity index (χ1n) is 13.3. The molecule has 5 aliphatic carbocycles. The van der Waals surface area contributed by atoms with Crippen LogP contribution < -0.4 is 4.74 Å². The van der Waals surface area contributed by atoms with Gasteiger partial charge in [0.05, 0.1) is 35.2 Å². The Morgan fingerprint density at radius 2 is 1.74 bits per heavy atom. The molecule has 5 N–H and O–H groups in total. The number of rotatable bonds is 1. The first-order chi connectivity index (χ1) is 19.9. The molecular formula is C31H24O11. The van der Waals surface area contributed by atoms with Gasteiger partial charge in [0.15, 0.2) is 17.3 Å². The lowest BCUT2D eigenvalue weighted by atomic mass is 9.62. The van der Waals surface area contributed by atoms with Crippen molar-refractivity contribution in [2.24, 2.45) is 5.41 Å². The number of phenolic OH excluding ortho intramolecular Hbond substituents is 2. The average Bonchev–Trinajstić information content (AvgIpc) is 3.16. The maximum Gasteiger partial charge on any atom is 0.358 e. The molecule has 1 saturated carbocycles. The number of esters is 1. The predicted octanol–water partition coefficient (Wildman–Crippen LogP) is 2.63. The van der Waals surface area contributed by atoms with Crippen LogP contribution in [0.3, 0.4) is 0 Å². The Morgan fingerprint density at radius 3 is 2.45 bits per heavy atom. The number of ketones is 3. The van der Waals surface area contributed by atoms with Crippen molar-refractivity contribution >= 4 is 34.8 Å². The average molecular weight is 573 g/mol. The molecule has 2 aromatic rings. The Hall–Kier alpha value is -4.90. The molecule has 0 unspecified atom stereocenters. The number of fused-ring (bicyclic) bond motifs is 3. The third-order valence-electron chi connectivity index (χ3n) is 9.10. The third kappa shape index (κ3) is 2.83. The third-order valence-corrected chi connectivity index (χ3v) is 9.10. The molecular weight excluding hydrogens is 548 g/mol. The number of hydrogen-bond acceptors (Lipinski definition) is 11. The van der Waals surface area contributed by atoms with E-state index in [2.05, 4.69) is 0 Å². The van der Waals surface area contributed by atoms with Crippen LogP contribution in [0.25, 0.3) is 11.5 Å². The fourth-order valence-corrected chi connectivity index (χ4v) is 7.28. The molecule has 42 heavy (non-hydrogen) atoms. The molecule has 0 radical (unpaired) electrons. The van der Waals surface area contributed by atoms with Crippen LogP contribution in [0.1, 0.15) is 56.9 Å². The van der Waals surface area contributed by atoms with Crippen LogP contribution in [-0.4, -0.2) is 67.7 Å². The van der Waals surface area contributed by atoms with Gasteiger partial charge in [0.1, 0.15) is 40.4 Å². The molecule has 2 bridgehead atoms. The zero-order valence-corrected chi connectivity index (χ0v) is 22.3. The largest absolute Gasteiger partial charge is 0.507 e. The fraction of sp³-hybridized carbons (Fsp3) is 0.290. The lowest BCUT2D eigenvalue weighted by molar-refractivity contribution is -0.169. The Labute approximate surface area is 237 Å². The number of ether oxygens (including phenoxy) is 2. The number of carbonyl (C=O) groups excluding carboxylic acids is 4. The first-order valence-corrected chi connectivity index (χ1v) is 13.3. The summed E-state index contributed by atoms with van der Waals surface area (Å²) in [6.45, 7) is 1.67. The molecule has 1 fully saturated rings. The highest BCUT2D eigenvalue weighted by Gasteiger charge is 2.62. The number of carbonyl (C=O) groups is 4. The van der Waals surface area contributed by atoms with Crippen LogP contribution >= 0.6 is 0 Å². The van der Waals surface area contributed by atoms with E-state index in [0.29, 0.717) is 5.56 Å². The van der Waals surface area contributed by atoms with E-state index in [1.54, 1.807) is 6.92 Å². The summed E-state index contributed by atoms with van der Waals surface area (Å²) in [6, 6.07) is 4.22. The SMILES string of the molecule is COC(=O)[C@@]12Oc3cc4c(c(O)c3C(O)=C1C(=O)CC[C@@H]2O)[C@H]1C=C[C@@]2(C4)C(=O)c3cc(C)cc(O)c3C(O)=C2C1=O. The molecule has 8 rings (SSSR count). The summed E-state index contributed by atoms with van der Waals surface area (Å²) < 4.78 is 10.9. The van der Waals surface area contributed by atoms with Crippen molar-refractivity contribution in [2.45, 2.75) is 43.8 Å². The second-order valence-electron chi connectivity index (χ2n) is 11.3. The maximum absolute atomic E-state index is 14.1. The summed E-state index contributed by atoms with van der Waals surface area (Å²) in [4.78, 5) is 54.1. The minimum atomic E-state index is -2.41. The number of aliphatic hydroxyl groups is 3. The van der Waals surface area contributed by atoms with E-state index in [0.717, 1.165) is 7.11 Å². The molecule has 6 aliphatic rings. The van der Waals surface area contributed by atoms with Crippen molar-refractivity contribution in [3.05, 3.63) is 74.9 Å². The van der Waals surface area contributed by atoms with Gasteiger partial charge in [0.2, 0.25) is 0 Å². The smallest absolute Gasteiger partial charge is 0.358 e. The Morgan fingerprint density at radius 1 is 1.02 bits per heavy atom. The van der Waals surface area contributed by atoms with Gasteiger partial charge < -0.3 is 35.0 Å². The van der Waals surface area contributed by atoms with Crippen LogP contribution in [0.4, 0.5) is 0 Å². The van der Waals surface area contributed by atoms with E-state index < -0.39 is 69.2 Å². The number of phenols is 2. The summed E-state index contributed by atoms with van der Waals surface area (Å²) >= 11 is 0. The number of aliphatic hydroxyl groups excluding tert-OH is 3. The Kier molecular flexibility index (Phi) is 5.02.